The van der Waals surface area contributed by atoms with Gasteiger partial charge < -0.3 is 14.8 Å². The maximum Gasteiger partial charge on any atom is 0.320 e. The van der Waals surface area contributed by atoms with Gasteiger partial charge in [-0.05, 0) is 49.1 Å². The molecule has 1 aromatic heterocycles. The van der Waals surface area contributed by atoms with Crippen LogP contribution in [0.5, 0.6) is 0 Å². The Morgan fingerprint density at radius 1 is 1.39 bits per heavy atom. The first kappa shape index (κ1) is 11.3. The van der Waals surface area contributed by atoms with Crippen molar-refractivity contribution in [3.05, 3.63) is 36.1 Å². The molecule has 2 atom stereocenters. The summed E-state index contributed by atoms with van der Waals surface area (Å²) in [6.07, 6.45) is 3.31. The van der Waals surface area contributed by atoms with Crippen LogP contribution < -0.4 is 5.32 Å². The molecule has 3 rings (SSSR count). The number of hydrogen-bond acceptors (Lipinski definition) is 3. The van der Waals surface area contributed by atoms with Crippen molar-refractivity contribution in [2.75, 3.05) is 6.54 Å². The van der Waals surface area contributed by atoms with Gasteiger partial charge in [0.05, 0.1) is 6.26 Å². The SMILES string of the molecule is O=C(O)C1CC(c2ccc3occc3c2)CCN1. The molecule has 1 saturated heterocycles. The maximum atomic E-state index is 11.0. The minimum Gasteiger partial charge on any atom is -0.480 e. The van der Waals surface area contributed by atoms with Crippen molar-refractivity contribution in [3.63, 3.8) is 0 Å². The summed E-state index contributed by atoms with van der Waals surface area (Å²) in [5, 5.41) is 13.2. The summed E-state index contributed by atoms with van der Waals surface area (Å²) >= 11 is 0. The Labute approximate surface area is 105 Å². The average molecular weight is 245 g/mol. The van der Waals surface area contributed by atoms with Gasteiger partial charge in [-0.25, -0.2) is 0 Å². The van der Waals surface area contributed by atoms with E-state index in [1.165, 1.54) is 5.56 Å². The first-order valence-electron chi connectivity index (χ1n) is 6.17. The number of rotatable bonds is 2. The topological polar surface area (TPSA) is 62.5 Å². The molecule has 2 heterocycles. The third-order valence-corrected chi connectivity index (χ3v) is 3.65. The number of benzene rings is 1. The van der Waals surface area contributed by atoms with Gasteiger partial charge in [0.2, 0.25) is 0 Å². The smallest absolute Gasteiger partial charge is 0.320 e. The fourth-order valence-corrected chi connectivity index (χ4v) is 2.65. The molecule has 94 valence electrons. The Bertz CT molecular complexity index is 575. The number of nitrogens with one attached hydrogen (secondary N) is 1. The van der Waals surface area contributed by atoms with Crippen LogP contribution in [0.2, 0.25) is 0 Å². The molecule has 0 radical (unpaired) electrons. The zero-order chi connectivity index (χ0) is 12.5. The Hall–Kier alpha value is -1.81. The van der Waals surface area contributed by atoms with E-state index in [0.717, 1.165) is 23.9 Å². The maximum absolute atomic E-state index is 11.0. The lowest BCUT2D eigenvalue weighted by molar-refractivity contribution is -0.140. The van der Waals surface area contributed by atoms with Crippen molar-refractivity contribution in [1.29, 1.82) is 0 Å². The summed E-state index contributed by atoms with van der Waals surface area (Å²) in [6, 6.07) is 7.62. The zero-order valence-electron chi connectivity index (χ0n) is 9.93. The second-order valence-corrected chi connectivity index (χ2v) is 4.78. The van der Waals surface area contributed by atoms with Crippen LogP contribution in [0.4, 0.5) is 0 Å². The number of fused-ring (bicyclic) bond motifs is 1. The van der Waals surface area contributed by atoms with Crippen LogP contribution in [-0.4, -0.2) is 23.7 Å². The van der Waals surface area contributed by atoms with E-state index in [1.807, 2.05) is 18.2 Å². The molecular weight excluding hydrogens is 230 g/mol. The molecule has 4 heteroatoms. The van der Waals surface area contributed by atoms with Crippen molar-refractivity contribution in [2.45, 2.75) is 24.8 Å². The molecule has 2 aromatic rings. The lowest BCUT2D eigenvalue weighted by Gasteiger charge is -2.28. The predicted octanol–water partition coefficient (Wildman–Crippen LogP) is 2.35. The van der Waals surface area contributed by atoms with Gasteiger partial charge in [0.25, 0.3) is 0 Å². The molecule has 18 heavy (non-hydrogen) atoms. The van der Waals surface area contributed by atoms with Gasteiger partial charge in [-0.1, -0.05) is 6.07 Å². The lowest BCUT2D eigenvalue weighted by Crippen LogP contribution is -2.42. The van der Waals surface area contributed by atoms with E-state index in [1.54, 1.807) is 6.26 Å². The van der Waals surface area contributed by atoms with Crippen LogP contribution in [0.3, 0.4) is 0 Å². The molecule has 1 fully saturated rings. The first-order chi connectivity index (χ1) is 8.74. The number of piperidine rings is 1. The number of hydrogen-bond donors (Lipinski definition) is 2. The molecular formula is C14H15NO3. The molecule has 1 aliphatic rings. The molecule has 0 bridgehead atoms. The molecule has 1 aliphatic heterocycles. The van der Waals surface area contributed by atoms with Gasteiger partial charge in [0.15, 0.2) is 0 Å². The summed E-state index contributed by atoms with van der Waals surface area (Å²) in [6.45, 7) is 0.755. The minimum absolute atomic E-state index is 0.312. The number of furan rings is 1. The number of carboxylic acid groups (broad SMARTS) is 1. The quantitative estimate of drug-likeness (QED) is 0.852. The van der Waals surface area contributed by atoms with Gasteiger partial charge >= 0.3 is 5.97 Å². The molecule has 2 N–H and O–H groups in total. The zero-order valence-corrected chi connectivity index (χ0v) is 9.93. The Balaban J connectivity index is 1.86. The third kappa shape index (κ3) is 1.99. The Morgan fingerprint density at radius 3 is 3.11 bits per heavy atom. The molecule has 2 unspecified atom stereocenters. The third-order valence-electron chi connectivity index (χ3n) is 3.65. The summed E-state index contributed by atoms with van der Waals surface area (Å²) in [5.41, 5.74) is 2.08. The van der Waals surface area contributed by atoms with Crippen LogP contribution in [0.25, 0.3) is 11.0 Å². The van der Waals surface area contributed by atoms with Crippen LogP contribution in [-0.2, 0) is 4.79 Å². The van der Waals surface area contributed by atoms with Crippen LogP contribution >= 0.6 is 0 Å². The standard InChI is InChI=1S/C14H15NO3/c16-14(17)12-8-10(3-5-15-12)9-1-2-13-11(7-9)4-6-18-13/h1-2,4,6-7,10,12,15H,3,5,8H2,(H,16,17). The fraction of sp³-hybridized carbons (Fsp3) is 0.357. The second-order valence-electron chi connectivity index (χ2n) is 4.78. The predicted molar refractivity (Wildman–Crippen MR) is 67.6 cm³/mol. The van der Waals surface area contributed by atoms with Gasteiger partial charge in [0.1, 0.15) is 11.6 Å². The summed E-state index contributed by atoms with van der Waals surface area (Å²) in [4.78, 5) is 11.0. The minimum atomic E-state index is -0.760. The highest BCUT2D eigenvalue weighted by molar-refractivity contribution is 5.78. The molecule has 0 saturated carbocycles. The van der Waals surface area contributed by atoms with Crippen molar-refractivity contribution in [3.8, 4) is 0 Å². The van der Waals surface area contributed by atoms with E-state index >= 15 is 0 Å². The van der Waals surface area contributed by atoms with Gasteiger partial charge in [0, 0.05) is 5.39 Å². The highest BCUT2D eigenvalue weighted by Crippen LogP contribution is 2.30. The van der Waals surface area contributed by atoms with Gasteiger partial charge in [-0.15, -0.1) is 0 Å². The Morgan fingerprint density at radius 2 is 2.28 bits per heavy atom. The lowest BCUT2D eigenvalue weighted by atomic mass is 9.86. The van der Waals surface area contributed by atoms with E-state index in [9.17, 15) is 4.79 Å². The highest BCUT2D eigenvalue weighted by Gasteiger charge is 2.27. The number of carbonyl (C=O) groups is 1. The number of carboxylic acids is 1. The summed E-state index contributed by atoms with van der Waals surface area (Å²) in [5.74, 6) is -0.448. The van der Waals surface area contributed by atoms with Gasteiger partial charge in [-0.2, -0.15) is 0 Å². The molecule has 4 nitrogen and oxygen atoms in total. The summed E-state index contributed by atoms with van der Waals surface area (Å²) < 4.78 is 5.31. The van der Waals surface area contributed by atoms with E-state index < -0.39 is 12.0 Å². The normalized spacial score (nSPS) is 24.2. The van der Waals surface area contributed by atoms with Crippen molar-refractivity contribution >= 4 is 16.9 Å². The van der Waals surface area contributed by atoms with E-state index in [-0.39, 0.29) is 0 Å². The van der Waals surface area contributed by atoms with Crippen molar-refractivity contribution in [1.82, 2.24) is 5.32 Å². The van der Waals surface area contributed by atoms with Crippen molar-refractivity contribution in [2.24, 2.45) is 0 Å². The van der Waals surface area contributed by atoms with Gasteiger partial charge in [-0.3, -0.25) is 4.79 Å². The largest absolute Gasteiger partial charge is 0.480 e. The molecule has 0 spiro atoms. The molecule has 1 aromatic carbocycles. The highest BCUT2D eigenvalue weighted by atomic mass is 16.4. The van der Waals surface area contributed by atoms with E-state index in [4.69, 9.17) is 9.52 Å². The second kappa shape index (κ2) is 4.46. The van der Waals surface area contributed by atoms with Crippen LogP contribution in [0.15, 0.2) is 34.9 Å². The van der Waals surface area contributed by atoms with Crippen molar-refractivity contribution < 1.29 is 14.3 Å². The molecule has 0 amide bonds. The van der Waals surface area contributed by atoms with Crippen LogP contribution in [0, 0.1) is 0 Å². The van der Waals surface area contributed by atoms with E-state index in [2.05, 4.69) is 11.4 Å². The molecule has 0 aliphatic carbocycles. The monoisotopic (exact) mass is 245 g/mol. The Kier molecular flexibility index (Phi) is 2.80. The fourth-order valence-electron chi connectivity index (χ4n) is 2.65. The summed E-state index contributed by atoms with van der Waals surface area (Å²) in [7, 11) is 0. The number of aliphatic carboxylic acids is 1. The average Bonchev–Trinajstić information content (AvgIpc) is 2.86. The first-order valence-corrected chi connectivity index (χ1v) is 6.17. The van der Waals surface area contributed by atoms with Crippen LogP contribution in [0.1, 0.15) is 24.3 Å². The van der Waals surface area contributed by atoms with E-state index in [0.29, 0.717) is 12.3 Å².